The SMILES string of the molecule is C1=CC2CC1CC2CNCc1ncc(-c2ccc(-c3ccccc3)cc2)s1. The van der Waals surface area contributed by atoms with Gasteiger partial charge < -0.3 is 5.32 Å². The Morgan fingerprint density at radius 2 is 1.67 bits per heavy atom. The quantitative estimate of drug-likeness (QED) is 0.555. The third kappa shape index (κ3) is 3.62. The Kier molecular flexibility index (Phi) is 4.64. The molecule has 2 aromatic carbocycles. The van der Waals surface area contributed by atoms with Gasteiger partial charge in [-0.25, -0.2) is 4.98 Å². The summed E-state index contributed by atoms with van der Waals surface area (Å²) >= 11 is 1.80. The van der Waals surface area contributed by atoms with Crippen LogP contribution in [0.2, 0.25) is 0 Å². The Balaban J connectivity index is 1.19. The van der Waals surface area contributed by atoms with E-state index in [1.165, 1.54) is 39.4 Å². The van der Waals surface area contributed by atoms with Crippen LogP contribution in [0.3, 0.4) is 0 Å². The summed E-state index contributed by atoms with van der Waals surface area (Å²) < 4.78 is 0. The van der Waals surface area contributed by atoms with Crippen molar-refractivity contribution in [3.05, 3.63) is 78.0 Å². The van der Waals surface area contributed by atoms with Crippen molar-refractivity contribution in [2.75, 3.05) is 6.54 Å². The van der Waals surface area contributed by atoms with E-state index in [0.717, 1.165) is 30.8 Å². The lowest BCUT2D eigenvalue weighted by atomic mass is 9.94. The van der Waals surface area contributed by atoms with Crippen molar-refractivity contribution in [2.45, 2.75) is 19.4 Å². The summed E-state index contributed by atoms with van der Waals surface area (Å²) in [6.45, 7) is 2.00. The average molecular weight is 373 g/mol. The molecule has 3 unspecified atom stereocenters. The highest BCUT2D eigenvalue weighted by atomic mass is 32.1. The van der Waals surface area contributed by atoms with Crippen molar-refractivity contribution < 1.29 is 0 Å². The number of hydrogen-bond acceptors (Lipinski definition) is 3. The molecule has 5 rings (SSSR count). The highest BCUT2D eigenvalue weighted by Gasteiger charge is 2.34. The summed E-state index contributed by atoms with van der Waals surface area (Å²) in [4.78, 5) is 5.87. The Morgan fingerprint density at radius 3 is 2.41 bits per heavy atom. The van der Waals surface area contributed by atoms with Gasteiger partial charge in [-0.1, -0.05) is 66.7 Å². The zero-order valence-corrected chi connectivity index (χ0v) is 16.2. The van der Waals surface area contributed by atoms with Gasteiger partial charge in [0.25, 0.3) is 0 Å². The van der Waals surface area contributed by atoms with Gasteiger partial charge in [-0.2, -0.15) is 0 Å². The zero-order valence-electron chi connectivity index (χ0n) is 15.3. The van der Waals surface area contributed by atoms with Crippen LogP contribution in [0.15, 0.2) is 72.9 Å². The number of nitrogens with one attached hydrogen (secondary N) is 1. The van der Waals surface area contributed by atoms with Crippen molar-refractivity contribution in [1.82, 2.24) is 10.3 Å². The Morgan fingerprint density at radius 1 is 0.889 bits per heavy atom. The lowest BCUT2D eigenvalue weighted by Gasteiger charge is -2.18. The molecule has 2 aliphatic carbocycles. The van der Waals surface area contributed by atoms with E-state index in [2.05, 4.69) is 77.1 Å². The molecule has 1 aromatic heterocycles. The van der Waals surface area contributed by atoms with Gasteiger partial charge in [0.05, 0.1) is 4.88 Å². The Labute approximate surface area is 165 Å². The largest absolute Gasteiger partial charge is 0.310 e. The number of allylic oxidation sites excluding steroid dienone is 2. The molecule has 0 amide bonds. The number of rotatable bonds is 6. The van der Waals surface area contributed by atoms with E-state index in [9.17, 15) is 0 Å². The molecule has 3 atom stereocenters. The molecule has 27 heavy (non-hydrogen) atoms. The maximum atomic E-state index is 4.63. The summed E-state index contributed by atoms with van der Waals surface area (Å²) in [5.74, 6) is 2.49. The average Bonchev–Trinajstić information content (AvgIpc) is 3.46. The van der Waals surface area contributed by atoms with Crippen molar-refractivity contribution in [3.63, 3.8) is 0 Å². The summed E-state index contributed by atoms with van der Waals surface area (Å²) in [5.41, 5.74) is 3.76. The fourth-order valence-electron chi connectivity index (χ4n) is 4.48. The van der Waals surface area contributed by atoms with Crippen LogP contribution < -0.4 is 5.32 Å². The van der Waals surface area contributed by atoms with Crippen LogP contribution in [0.1, 0.15) is 17.8 Å². The van der Waals surface area contributed by atoms with Crippen LogP contribution >= 0.6 is 11.3 Å². The molecule has 2 nitrogen and oxygen atoms in total. The van der Waals surface area contributed by atoms with Gasteiger partial charge in [0.1, 0.15) is 5.01 Å². The van der Waals surface area contributed by atoms with Gasteiger partial charge >= 0.3 is 0 Å². The van der Waals surface area contributed by atoms with Crippen molar-refractivity contribution >= 4 is 11.3 Å². The van der Waals surface area contributed by atoms with Gasteiger partial charge in [-0.3, -0.25) is 0 Å². The first-order valence-electron chi connectivity index (χ1n) is 9.85. The zero-order chi connectivity index (χ0) is 18.1. The smallest absolute Gasteiger partial charge is 0.107 e. The summed E-state index contributed by atoms with van der Waals surface area (Å²) in [7, 11) is 0. The molecule has 2 aliphatic rings. The molecule has 2 bridgehead atoms. The fraction of sp³-hybridized carbons (Fsp3) is 0.292. The van der Waals surface area contributed by atoms with Gasteiger partial charge in [0, 0.05) is 12.7 Å². The molecule has 0 aliphatic heterocycles. The van der Waals surface area contributed by atoms with E-state index < -0.39 is 0 Å². The second-order valence-electron chi connectivity index (χ2n) is 7.73. The van der Waals surface area contributed by atoms with Crippen LogP contribution in [-0.2, 0) is 6.54 Å². The first-order chi connectivity index (χ1) is 13.3. The molecule has 1 saturated carbocycles. The number of aromatic nitrogens is 1. The van der Waals surface area contributed by atoms with Crippen LogP contribution in [0.25, 0.3) is 21.6 Å². The predicted octanol–water partition coefficient (Wildman–Crippen LogP) is 5.78. The van der Waals surface area contributed by atoms with Crippen molar-refractivity contribution in [1.29, 1.82) is 0 Å². The van der Waals surface area contributed by atoms with E-state index in [1.807, 2.05) is 6.20 Å². The lowest BCUT2D eigenvalue weighted by Crippen LogP contribution is -2.24. The standard InChI is InChI=1S/C24H24N2S/c1-2-4-18(5-3-1)19-8-10-20(11-9-19)23-15-26-24(27-23)16-25-14-22-13-17-6-7-21(22)12-17/h1-11,15,17,21-22,25H,12-14,16H2. The number of nitrogens with zero attached hydrogens (tertiary/aromatic N) is 1. The lowest BCUT2D eigenvalue weighted by molar-refractivity contribution is 0.414. The van der Waals surface area contributed by atoms with Crippen LogP contribution in [0.4, 0.5) is 0 Å². The van der Waals surface area contributed by atoms with Crippen LogP contribution in [0, 0.1) is 17.8 Å². The molecule has 1 N–H and O–H groups in total. The minimum atomic E-state index is 0.817. The molecule has 136 valence electrons. The first-order valence-corrected chi connectivity index (χ1v) is 10.7. The Hall–Kier alpha value is -2.23. The van der Waals surface area contributed by atoms with Gasteiger partial charge in [0.2, 0.25) is 0 Å². The highest BCUT2D eigenvalue weighted by molar-refractivity contribution is 7.15. The second kappa shape index (κ2) is 7.41. The van der Waals surface area contributed by atoms with Gasteiger partial charge in [-0.15, -0.1) is 11.3 Å². The molecular formula is C24H24N2S. The van der Waals surface area contributed by atoms with Crippen LogP contribution in [0.5, 0.6) is 0 Å². The van der Waals surface area contributed by atoms with Crippen molar-refractivity contribution in [3.8, 4) is 21.6 Å². The monoisotopic (exact) mass is 372 g/mol. The molecule has 1 heterocycles. The molecule has 0 saturated heterocycles. The number of fused-ring (bicyclic) bond motifs is 2. The van der Waals surface area contributed by atoms with E-state index in [4.69, 9.17) is 0 Å². The third-order valence-electron chi connectivity index (χ3n) is 5.93. The molecular weight excluding hydrogens is 348 g/mol. The maximum Gasteiger partial charge on any atom is 0.107 e. The number of benzene rings is 2. The molecule has 0 radical (unpaired) electrons. The number of hydrogen-bond donors (Lipinski definition) is 1. The topological polar surface area (TPSA) is 24.9 Å². The Bertz CT molecular complexity index is 927. The summed E-state index contributed by atoms with van der Waals surface area (Å²) in [5, 5.41) is 4.81. The minimum absolute atomic E-state index is 0.817. The second-order valence-corrected chi connectivity index (χ2v) is 8.85. The van der Waals surface area contributed by atoms with Crippen molar-refractivity contribution in [2.24, 2.45) is 17.8 Å². The third-order valence-corrected chi connectivity index (χ3v) is 6.98. The predicted molar refractivity (Wildman–Crippen MR) is 114 cm³/mol. The molecule has 3 aromatic rings. The van der Waals surface area contributed by atoms with E-state index in [0.29, 0.717) is 0 Å². The van der Waals surface area contributed by atoms with E-state index in [1.54, 1.807) is 11.3 Å². The van der Waals surface area contributed by atoms with Gasteiger partial charge in [0.15, 0.2) is 0 Å². The molecule has 0 spiro atoms. The summed E-state index contributed by atoms with van der Waals surface area (Å²) in [6.07, 6.45) is 9.61. The molecule has 1 fully saturated rings. The minimum Gasteiger partial charge on any atom is -0.310 e. The van der Waals surface area contributed by atoms with E-state index in [-0.39, 0.29) is 0 Å². The maximum absolute atomic E-state index is 4.63. The normalized spacial score (nSPS) is 23.2. The fourth-order valence-corrected chi connectivity index (χ4v) is 5.37. The van der Waals surface area contributed by atoms with E-state index >= 15 is 0 Å². The van der Waals surface area contributed by atoms with Gasteiger partial charge in [-0.05, 0) is 53.8 Å². The first kappa shape index (κ1) is 16.9. The molecule has 3 heteroatoms. The van der Waals surface area contributed by atoms with Crippen LogP contribution in [-0.4, -0.2) is 11.5 Å². The number of thiazole rings is 1. The highest BCUT2D eigenvalue weighted by Crippen LogP contribution is 2.43. The summed E-state index contributed by atoms with van der Waals surface area (Å²) in [6, 6.07) is 19.3.